The van der Waals surface area contributed by atoms with Crippen LogP contribution in [0.25, 0.3) is 0 Å². The molecule has 2 rings (SSSR count). The van der Waals surface area contributed by atoms with Gasteiger partial charge in [0.25, 0.3) is 0 Å². The van der Waals surface area contributed by atoms with Gasteiger partial charge in [-0.25, -0.2) is 4.68 Å². The molecule has 1 saturated carbocycles. The number of amides is 1. The molecule has 0 radical (unpaired) electrons. The quantitative estimate of drug-likeness (QED) is 0.760. The lowest BCUT2D eigenvalue weighted by Crippen LogP contribution is -2.17. The molecule has 5 heteroatoms. The number of carbonyl (C=O) groups is 1. The van der Waals surface area contributed by atoms with E-state index in [0.717, 1.165) is 18.5 Å². The maximum absolute atomic E-state index is 11.5. The predicted molar refractivity (Wildman–Crippen MR) is 55.4 cm³/mol. The summed E-state index contributed by atoms with van der Waals surface area (Å²) in [7, 11) is 0. The molecule has 15 heavy (non-hydrogen) atoms. The van der Waals surface area contributed by atoms with Crippen molar-refractivity contribution in [3.63, 3.8) is 0 Å². The zero-order chi connectivity index (χ0) is 10.8. The van der Waals surface area contributed by atoms with Crippen LogP contribution in [0.2, 0.25) is 0 Å². The lowest BCUT2D eigenvalue weighted by Gasteiger charge is -2.06. The fourth-order valence-corrected chi connectivity index (χ4v) is 1.49. The smallest absolute Gasteiger partial charge is 0.228 e. The van der Waals surface area contributed by atoms with Crippen LogP contribution in [0, 0.1) is 12.8 Å². The van der Waals surface area contributed by atoms with Crippen LogP contribution in [-0.4, -0.2) is 27.4 Å². The summed E-state index contributed by atoms with van der Waals surface area (Å²) in [6.45, 7) is 2.29. The Morgan fingerprint density at radius 2 is 2.47 bits per heavy atom. The molecule has 0 aromatic carbocycles. The molecule has 5 nitrogen and oxygen atoms in total. The van der Waals surface area contributed by atoms with E-state index in [-0.39, 0.29) is 18.4 Å². The van der Waals surface area contributed by atoms with Crippen LogP contribution in [-0.2, 0) is 11.3 Å². The van der Waals surface area contributed by atoms with E-state index in [1.165, 1.54) is 0 Å². The number of aromatic nitrogens is 2. The van der Waals surface area contributed by atoms with E-state index in [1.807, 2.05) is 13.0 Å². The number of rotatable bonds is 4. The first-order valence-corrected chi connectivity index (χ1v) is 5.17. The third-order valence-electron chi connectivity index (χ3n) is 2.41. The lowest BCUT2D eigenvalue weighted by atomic mass is 10.4. The van der Waals surface area contributed by atoms with Gasteiger partial charge in [-0.15, -0.1) is 0 Å². The van der Waals surface area contributed by atoms with Gasteiger partial charge in [-0.05, 0) is 19.8 Å². The summed E-state index contributed by atoms with van der Waals surface area (Å²) in [5.74, 6) is 0.926. The van der Waals surface area contributed by atoms with Gasteiger partial charge >= 0.3 is 0 Å². The molecule has 1 aromatic rings. The summed E-state index contributed by atoms with van der Waals surface area (Å²) in [6, 6.07) is 1.82. The van der Waals surface area contributed by atoms with Gasteiger partial charge in [0.2, 0.25) is 5.91 Å². The Morgan fingerprint density at radius 3 is 3.07 bits per heavy atom. The predicted octanol–water partition coefficient (Wildman–Crippen LogP) is 0.532. The van der Waals surface area contributed by atoms with Gasteiger partial charge < -0.3 is 10.4 Å². The number of carbonyl (C=O) groups excluding carboxylic acids is 1. The van der Waals surface area contributed by atoms with Crippen LogP contribution in [0.1, 0.15) is 18.5 Å². The molecule has 0 unspecified atom stereocenters. The minimum Gasteiger partial charge on any atom is -0.394 e. The minimum atomic E-state index is 0.0212. The second-order valence-corrected chi connectivity index (χ2v) is 3.88. The summed E-state index contributed by atoms with van der Waals surface area (Å²) in [4.78, 5) is 11.5. The van der Waals surface area contributed by atoms with Crippen molar-refractivity contribution in [2.45, 2.75) is 26.3 Å². The second kappa shape index (κ2) is 4.02. The molecule has 0 bridgehead atoms. The lowest BCUT2D eigenvalue weighted by molar-refractivity contribution is -0.117. The first kappa shape index (κ1) is 10.2. The number of aryl methyl sites for hydroxylation is 1. The summed E-state index contributed by atoms with van der Waals surface area (Å²) in [5, 5.41) is 15.8. The molecule has 0 aliphatic heterocycles. The van der Waals surface area contributed by atoms with E-state index in [4.69, 9.17) is 5.11 Å². The molecule has 1 heterocycles. The molecule has 82 valence electrons. The Bertz CT molecular complexity index is 369. The van der Waals surface area contributed by atoms with Gasteiger partial charge in [0, 0.05) is 12.0 Å². The second-order valence-electron chi connectivity index (χ2n) is 3.88. The largest absolute Gasteiger partial charge is 0.394 e. The number of hydrogen-bond donors (Lipinski definition) is 2. The van der Waals surface area contributed by atoms with Crippen LogP contribution >= 0.6 is 0 Å². The summed E-state index contributed by atoms with van der Waals surface area (Å²) in [6.07, 6.45) is 1.97. The zero-order valence-electron chi connectivity index (χ0n) is 8.73. The molecule has 0 spiro atoms. The molecule has 2 N–H and O–H groups in total. The molecule has 0 saturated heterocycles. The number of aliphatic hydroxyl groups is 1. The topological polar surface area (TPSA) is 67.2 Å². The Morgan fingerprint density at radius 1 is 1.73 bits per heavy atom. The zero-order valence-corrected chi connectivity index (χ0v) is 8.73. The minimum absolute atomic E-state index is 0.0212. The number of hydrogen-bond acceptors (Lipinski definition) is 3. The van der Waals surface area contributed by atoms with Gasteiger partial charge in [0.05, 0.1) is 18.8 Å². The highest BCUT2D eigenvalue weighted by molar-refractivity contribution is 5.93. The van der Waals surface area contributed by atoms with Crippen molar-refractivity contribution in [1.82, 2.24) is 9.78 Å². The summed E-state index contributed by atoms with van der Waals surface area (Å²) in [5.41, 5.74) is 0.842. The van der Waals surface area contributed by atoms with Crippen molar-refractivity contribution < 1.29 is 9.90 Å². The van der Waals surface area contributed by atoms with Crippen LogP contribution < -0.4 is 5.32 Å². The summed E-state index contributed by atoms with van der Waals surface area (Å²) >= 11 is 0. The van der Waals surface area contributed by atoms with Crippen LogP contribution in [0.3, 0.4) is 0 Å². The first-order chi connectivity index (χ1) is 7.20. The van der Waals surface area contributed by atoms with Crippen molar-refractivity contribution in [2.24, 2.45) is 5.92 Å². The number of anilines is 1. The van der Waals surface area contributed by atoms with Gasteiger partial charge in [0.15, 0.2) is 0 Å². The highest BCUT2D eigenvalue weighted by atomic mass is 16.3. The molecule has 1 amide bonds. The molecule has 0 atom stereocenters. The maximum Gasteiger partial charge on any atom is 0.228 e. The monoisotopic (exact) mass is 209 g/mol. The number of nitrogens with zero attached hydrogens (tertiary/aromatic N) is 2. The van der Waals surface area contributed by atoms with Crippen LogP contribution in [0.5, 0.6) is 0 Å². The van der Waals surface area contributed by atoms with E-state index in [1.54, 1.807) is 4.68 Å². The van der Waals surface area contributed by atoms with Gasteiger partial charge in [-0.2, -0.15) is 5.10 Å². The molecular weight excluding hydrogens is 194 g/mol. The molecular formula is C10H15N3O2. The van der Waals surface area contributed by atoms with Crippen molar-refractivity contribution in [3.8, 4) is 0 Å². The SMILES string of the molecule is Cc1cc(NC(=O)C2CC2)n(CCO)n1. The number of nitrogens with one attached hydrogen (secondary N) is 1. The Balaban J connectivity index is 2.07. The maximum atomic E-state index is 11.5. The third-order valence-corrected chi connectivity index (χ3v) is 2.41. The van der Waals surface area contributed by atoms with E-state index in [0.29, 0.717) is 12.4 Å². The van der Waals surface area contributed by atoms with Crippen LogP contribution in [0.15, 0.2) is 6.07 Å². The average Bonchev–Trinajstić information content (AvgIpc) is 2.95. The van der Waals surface area contributed by atoms with Gasteiger partial charge in [-0.3, -0.25) is 4.79 Å². The summed E-state index contributed by atoms with van der Waals surface area (Å²) < 4.78 is 1.62. The highest BCUT2D eigenvalue weighted by Gasteiger charge is 2.30. The van der Waals surface area contributed by atoms with Crippen molar-refractivity contribution in [2.75, 3.05) is 11.9 Å². The number of aliphatic hydroxyl groups excluding tert-OH is 1. The molecule has 1 fully saturated rings. The van der Waals surface area contributed by atoms with Crippen molar-refractivity contribution in [3.05, 3.63) is 11.8 Å². The Hall–Kier alpha value is -1.36. The van der Waals surface area contributed by atoms with Gasteiger partial charge in [-0.1, -0.05) is 0 Å². The molecule has 1 aliphatic carbocycles. The Kier molecular flexibility index (Phi) is 2.73. The van der Waals surface area contributed by atoms with E-state index < -0.39 is 0 Å². The Labute approximate surface area is 88.1 Å². The highest BCUT2D eigenvalue weighted by Crippen LogP contribution is 2.30. The standard InChI is InChI=1S/C10H15N3O2/c1-7-6-9(13(12-7)4-5-14)11-10(15)8-2-3-8/h6,8,14H,2-5H2,1H3,(H,11,15). The van der Waals surface area contributed by atoms with Crippen molar-refractivity contribution in [1.29, 1.82) is 0 Å². The fraction of sp³-hybridized carbons (Fsp3) is 0.600. The third kappa shape index (κ3) is 2.36. The fourth-order valence-electron chi connectivity index (χ4n) is 1.49. The van der Waals surface area contributed by atoms with Gasteiger partial charge in [0.1, 0.15) is 5.82 Å². The molecule has 1 aliphatic rings. The molecule has 1 aromatic heterocycles. The van der Waals surface area contributed by atoms with Crippen LogP contribution in [0.4, 0.5) is 5.82 Å². The average molecular weight is 209 g/mol. The van der Waals surface area contributed by atoms with E-state index in [2.05, 4.69) is 10.4 Å². The van der Waals surface area contributed by atoms with E-state index >= 15 is 0 Å². The van der Waals surface area contributed by atoms with E-state index in [9.17, 15) is 4.79 Å². The van der Waals surface area contributed by atoms with Crippen molar-refractivity contribution >= 4 is 11.7 Å². The first-order valence-electron chi connectivity index (χ1n) is 5.17. The normalized spacial score (nSPS) is 15.3.